The minimum atomic E-state index is 0. The van der Waals surface area contributed by atoms with E-state index < -0.39 is 0 Å². The van der Waals surface area contributed by atoms with Crippen molar-refractivity contribution in [2.75, 3.05) is 4.90 Å². The molecule has 0 saturated carbocycles. The largest absolute Gasteiger partial charge is 2.00 e. The average molecular weight is 1970 g/mol. The van der Waals surface area contributed by atoms with Crippen LogP contribution in [-0.4, -0.2) is 53.4 Å². The smallest absolute Gasteiger partial charge is 0.319 e. The summed E-state index contributed by atoms with van der Waals surface area (Å²) in [6.45, 7) is 5.22. The molecule has 0 aliphatic carbocycles. The van der Waals surface area contributed by atoms with E-state index in [1.165, 1.54) is 55.3 Å². The van der Waals surface area contributed by atoms with Crippen LogP contribution in [0.3, 0.4) is 0 Å². The SMILES string of the molecule is [C-]#Cc1ccccc1.[CH-]=Cc1ccccc1.[Cl][Pd+].[Pd+2].[Pd+2].[c-]1c(-n2cc(-c3ccc(-c4ccccc4)cc3)cn2)ccc2c3ccccc3n(-c3ccccn3)c12.[c-]1c(-n2cc(-c3ccc(-c4ccccc4)cc3)cn2)cccc1-n1c2ccccc2c2cccnc21.[c-]1c(N2c3ccccc3CCc3cccnc32)cccc1-n1cc(-c2ccc(-c3ccccc3)cc2)cn1. The molecule has 130 heavy (non-hydrogen) atoms. The monoisotopic (exact) mass is 1970 g/mol. The minimum absolute atomic E-state index is 0. The van der Waals surface area contributed by atoms with Crippen molar-refractivity contribution in [1.29, 1.82) is 0 Å². The van der Waals surface area contributed by atoms with E-state index in [-0.39, 0.29) is 40.8 Å². The fraction of sp³-hybridized carbons (Fsp3) is 0.0175. The van der Waals surface area contributed by atoms with Crippen molar-refractivity contribution in [3.63, 3.8) is 0 Å². The molecule has 1 aliphatic rings. The summed E-state index contributed by atoms with van der Waals surface area (Å²) in [5.41, 5.74) is 28.1. The molecule has 0 atom stereocenters. The van der Waals surface area contributed by atoms with Crippen LogP contribution in [-0.2, 0) is 71.9 Å². The van der Waals surface area contributed by atoms with E-state index in [0.29, 0.717) is 0 Å². The first-order valence-electron chi connectivity index (χ1n) is 41.8. The molecule has 16 heteroatoms. The maximum absolute atomic E-state index is 6.69. The Kier molecular flexibility index (Phi) is 29.0. The number of anilines is 3. The number of aryl methyl sites for hydroxylation is 2. The van der Waals surface area contributed by atoms with E-state index in [1.807, 2.05) is 179 Å². The maximum atomic E-state index is 6.69. The van der Waals surface area contributed by atoms with Crippen molar-refractivity contribution >= 4 is 76.5 Å². The Balaban J connectivity index is 0.000000129. The summed E-state index contributed by atoms with van der Waals surface area (Å²) in [6, 6.07) is 143. The summed E-state index contributed by atoms with van der Waals surface area (Å²) in [7, 11) is 4.49. The van der Waals surface area contributed by atoms with Gasteiger partial charge in [0.1, 0.15) is 17.3 Å². The Morgan fingerprint density at radius 2 is 0.715 bits per heavy atom. The third-order valence-corrected chi connectivity index (χ3v) is 22.2. The van der Waals surface area contributed by atoms with Gasteiger partial charge in [-0.3, -0.25) is 26.5 Å². The van der Waals surface area contributed by atoms with Crippen LogP contribution in [0.2, 0.25) is 0 Å². The van der Waals surface area contributed by atoms with Gasteiger partial charge in [-0.05, 0) is 145 Å². The van der Waals surface area contributed by atoms with E-state index in [0.717, 1.165) is 136 Å². The summed E-state index contributed by atoms with van der Waals surface area (Å²) in [5.74, 6) is 4.11. The van der Waals surface area contributed by atoms with Crippen LogP contribution in [0.5, 0.6) is 0 Å². The van der Waals surface area contributed by atoms with Crippen LogP contribution in [0.4, 0.5) is 17.2 Å². The molecule has 0 N–H and O–H groups in total. The van der Waals surface area contributed by atoms with Gasteiger partial charge in [0.05, 0.1) is 24.1 Å². The van der Waals surface area contributed by atoms with Gasteiger partial charge in [0, 0.05) is 75.8 Å². The molecule has 14 aromatic carbocycles. The molecule has 8 aromatic heterocycles. The van der Waals surface area contributed by atoms with Crippen molar-refractivity contribution in [3.8, 4) is 101 Å². The summed E-state index contributed by atoms with van der Waals surface area (Å²) in [6.07, 6.45) is 27.6. The Hall–Kier alpha value is -14.9. The van der Waals surface area contributed by atoms with Crippen LogP contribution >= 0.6 is 9.53 Å². The predicted molar refractivity (Wildman–Crippen MR) is 518 cm³/mol. The van der Waals surface area contributed by atoms with Gasteiger partial charge in [-0.1, -0.05) is 284 Å². The third kappa shape index (κ3) is 19.9. The van der Waals surface area contributed by atoms with Gasteiger partial charge in [-0.25, -0.2) is 21.0 Å². The summed E-state index contributed by atoms with van der Waals surface area (Å²) >= 11 is 2.22. The third-order valence-electron chi connectivity index (χ3n) is 22.2. The topological polar surface area (TPSA) is 105 Å². The number of hydrogen-bond acceptors (Lipinski definition) is 7. The number of hydrogen-bond donors (Lipinski definition) is 0. The molecule has 1 aliphatic heterocycles. The van der Waals surface area contributed by atoms with E-state index >= 15 is 0 Å². The van der Waals surface area contributed by atoms with Crippen molar-refractivity contribution in [2.24, 2.45) is 0 Å². The number of para-hydroxylation sites is 3. The zero-order chi connectivity index (χ0) is 86.8. The van der Waals surface area contributed by atoms with Gasteiger partial charge in [-0.15, -0.1) is 83.7 Å². The molecule has 22 aromatic rings. The fourth-order valence-corrected chi connectivity index (χ4v) is 15.9. The number of nitrogens with zero attached hydrogens (tertiary/aromatic N) is 12. The molecule has 632 valence electrons. The van der Waals surface area contributed by atoms with Crippen molar-refractivity contribution in [1.82, 2.24) is 53.4 Å². The molecule has 0 bridgehead atoms. The van der Waals surface area contributed by atoms with Gasteiger partial charge in [0.2, 0.25) is 0 Å². The van der Waals surface area contributed by atoms with Gasteiger partial charge in [0.25, 0.3) is 0 Å². The Morgan fingerprint density at radius 3 is 1.22 bits per heavy atom. The van der Waals surface area contributed by atoms with Crippen LogP contribution in [0.15, 0.2) is 444 Å². The van der Waals surface area contributed by atoms with Gasteiger partial charge >= 0.3 is 68.6 Å². The summed E-state index contributed by atoms with van der Waals surface area (Å²) < 4.78 is 10.0. The van der Waals surface area contributed by atoms with Crippen LogP contribution in [0.25, 0.3) is 145 Å². The van der Waals surface area contributed by atoms with Crippen molar-refractivity contribution < 1.29 is 59.0 Å². The number of pyridine rings is 3. The molecule has 0 unspecified atom stereocenters. The zero-order valence-electron chi connectivity index (χ0n) is 69.9. The van der Waals surface area contributed by atoms with Crippen LogP contribution < -0.4 is 4.90 Å². The second kappa shape index (κ2) is 42.6. The molecule has 12 nitrogen and oxygen atoms in total. The Labute approximate surface area is 798 Å². The standard InChI is InChI=1S/C34H25N4.2C32H21N4.C8H7.C8H5.ClH.3Pd/c1-2-8-25(9-3-1)26-15-17-27(18-16-26)30-23-36-37(24-30)31-12-6-13-32(22-31)38-33-14-5-4-10-28(33)19-20-29-11-7-21-35-34(29)38;1-2-8-23(9-3-1)24-15-17-25(18-16-24)26-21-34-35(22-26)27-10-6-11-28(20-27)36-31-14-5-4-12-29(31)30-13-7-19-33-32(30)36;1-2-8-23(9-3-1)24-13-15-25(16-14-24)26-21-34-35(22-26)27-17-18-29-28-10-4-5-11-30(28)36(31(29)20-27)32-12-6-7-19-33-32;2*1-2-8-6-4-3-5-7-8;;;;/h1-18,21,23-24H,19-20H2;2*1-19,21-22H;1-7H;3-7H;1H;;;/q5*-1;;3*+2/p-1. The molecular weight excluding hydrogens is 1890 g/mol. The quantitative estimate of drug-likeness (QED) is 0.0643. The number of fused-ring (bicyclic) bond motifs is 8. The molecule has 0 radical (unpaired) electrons. The number of benzene rings is 14. The Morgan fingerprint density at radius 1 is 0.323 bits per heavy atom. The Bertz CT molecular complexity index is 7450. The van der Waals surface area contributed by atoms with E-state index in [4.69, 9.17) is 23.0 Å². The molecule has 0 saturated heterocycles. The van der Waals surface area contributed by atoms with Gasteiger partial charge in [-0.2, -0.15) is 39.1 Å². The first-order chi connectivity index (χ1) is 63.4. The number of halogens is 1. The summed E-state index contributed by atoms with van der Waals surface area (Å²) in [4.78, 5) is 16.3. The molecular formula is C114H79ClN12Pd3. The van der Waals surface area contributed by atoms with E-state index in [9.17, 15) is 0 Å². The predicted octanol–water partition coefficient (Wildman–Crippen LogP) is 27.4. The fourth-order valence-electron chi connectivity index (χ4n) is 15.9. The zero-order valence-corrected chi connectivity index (χ0v) is 75.3. The summed E-state index contributed by atoms with van der Waals surface area (Å²) in [5, 5.41) is 18.6. The minimum Gasteiger partial charge on any atom is -0.319 e. The molecule has 0 amide bonds. The van der Waals surface area contributed by atoms with Gasteiger partial charge < -0.3 is 20.5 Å². The number of aromatic nitrogens is 11. The molecule has 9 heterocycles. The van der Waals surface area contributed by atoms with Crippen LogP contribution in [0.1, 0.15) is 22.3 Å². The molecule has 0 fully saturated rings. The van der Waals surface area contributed by atoms with Gasteiger partial charge in [0.15, 0.2) is 0 Å². The maximum Gasteiger partial charge on any atom is 2.00 e. The first kappa shape index (κ1) is 88.6. The molecule has 23 rings (SSSR count). The molecule has 0 spiro atoms. The average Bonchev–Trinajstić information content (AvgIpc) is 1.59. The number of rotatable bonds is 13. The first-order valence-corrected chi connectivity index (χ1v) is 43.8. The second-order valence-electron chi connectivity index (χ2n) is 30.1. The van der Waals surface area contributed by atoms with Crippen molar-refractivity contribution in [2.45, 2.75) is 12.8 Å². The van der Waals surface area contributed by atoms with Crippen molar-refractivity contribution in [3.05, 3.63) is 497 Å². The van der Waals surface area contributed by atoms with Crippen LogP contribution in [0, 0.1) is 37.1 Å². The van der Waals surface area contributed by atoms with E-state index in [1.54, 1.807) is 6.08 Å². The normalized spacial score (nSPS) is 11.0. The second-order valence-corrected chi connectivity index (χ2v) is 30.1. The van der Waals surface area contributed by atoms with E-state index in [2.05, 4.69) is 366 Å².